The van der Waals surface area contributed by atoms with Crippen LogP contribution >= 0.6 is 12.4 Å². The van der Waals surface area contributed by atoms with Gasteiger partial charge >= 0.3 is 0 Å². The molecule has 0 unspecified atom stereocenters. The van der Waals surface area contributed by atoms with Crippen molar-refractivity contribution in [3.8, 4) is 11.5 Å². The fourth-order valence-corrected chi connectivity index (χ4v) is 3.07. The summed E-state index contributed by atoms with van der Waals surface area (Å²) in [5, 5.41) is 3.44. The monoisotopic (exact) mass is 356 g/mol. The van der Waals surface area contributed by atoms with Gasteiger partial charge in [0.25, 0.3) is 0 Å². The number of nitrogens with one attached hydrogen (secondary N) is 1. The van der Waals surface area contributed by atoms with Gasteiger partial charge in [-0.25, -0.2) is 0 Å². The van der Waals surface area contributed by atoms with Gasteiger partial charge < -0.3 is 14.8 Å². The van der Waals surface area contributed by atoms with E-state index in [4.69, 9.17) is 9.47 Å². The number of ether oxygens (including phenoxy) is 2. The minimum absolute atomic E-state index is 0. The first-order valence-electron chi connectivity index (χ1n) is 9.14. The van der Waals surface area contributed by atoms with Gasteiger partial charge in [0.15, 0.2) is 0 Å². The normalized spacial score (nSPS) is 15.1. The molecular weight excluding hydrogens is 324 g/mol. The maximum atomic E-state index is 5.92. The average molecular weight is 357 g/mol. The lowest BCUT2D eigenvalue weighted by atomic mass is 10.0. The fraction of sp³-hybridized carbons (Fsp3) is 0.684. The Labute approximate surface area is 153 Å². The molecule has 1 heterocycles. The van der Waals surface area contributed by atoms with Crippen LogP contribution in [0.5, 0.6) is 11.5 Å². The van der Waals surface area contributed by atoms with E-state index in [1.54, 1.807) is 0 Å². The van der Waals surface area contributed by atoms with Crippen LogP contribution in [0.25, 0.3) is 0 Å². The quantitative estimate of drug-likeness (QED) is 0.692. The minimum atomic E-state index is 0. The van der Waals surface area contributed by atoms with Crippen molar-refractivity contribution in [2.75, 3.05) is 39.4 Å². The van der Waals surface area contributed by atoms with Crippen molar-refractivity contribution in [1.29, 1.82) is 0 Å². The van der Waals surface area contributed by atoms with Crippen LogP contribution in [-0.4, -0.2) is 50.3 Å². The Morgan fingerprint density at radius 1 is 0.917 bits per heavy atom. The summed E-state index contributed by atoms with van der Waals surface area (Å²) in [6.07, 6.45) is 4.74. The van der Waals surface area contributed by atoms with Crippen LogP contribution in [-0.2, 0) is 0 Å². The molecule has 0 atom stereocenters. The zero-order valence-corrected chi connectivity index (χ0v) is 15.9. The van der Waals surface area contributed by atoms with Gasteiger partial charge in [-0.3, -0.25) is 4.90 Å². The molecule has 0 radical (unpaired) electrons. The van der Waals surface area contributed by atoms with Crippen molar-refractivity contribution >= 4 is 12.4 Å². The summed E-state index contributed by atoms with van der Waals surface area (Å²) >= 11 is 0. The molecule has 1 aliphatic rings. The second-order valence-corrected chi connectivity index (χ2v) is 6.19. The highest BCUT2D eigenvalue weighted by Gasteiger charge is 2.19. The van der Waals surface area contributed by atoms with Crippen LogP contribution in [0, 0.1) is 0 Å². The number of benzene rings is 1. The van der Waals surface area contributed by atoms with Crippen LogP contribution in [0.3, 0.4) is 0 Å². The molecule has 0 spiro atoms. The van der Waals surface area contributed by atoms with E-state index in [-0.39, 0.29) is 12.4 Å². The van der Waals surface area contributed by atoms with Crippen LogP contribution in [0.4, 0.5) is 0 Å². The van der Waals surface area contributed by atoms with E-state index >= 15 is 0 Å². The summed E-state index contributed by atoms with van der Waals surface area (Å²) in [6, 6.07) is 8.69. The van der Waals surface area contributed by atoms with E-state index in [2.05, 4.69) is 24.1 Å². The number of hydrogen-bond acceptors (Lipinski definition) is 4. The summed E-state index contributed by atoms with van der Waals surface area (Å²) < 4.78 is 11.5. The summed E-state index contributed by atoms with van der Waals surface area (Å²) in [6.45, 7) is 10.3. The van der Waals surface area contributed by atoms with Gasteiger partial charge in [0.05, 0.1) is 6.61 Å². The SMILES string of the molecule is CCCOc1ccc(OCCN(CCC)C2CCNCC2)cc1.Cl. The Morgan fingerprint density at radius 3 is 2.04 bits per heavy atom. The van der Waals surface area contributed by atoms with E-state index in [0.29, 0.717) is 6.04 Å². The van der Waals surface area contributed by atoms with Crippen LogP contribution in [0.1, 0.15) is 39.5 Å². The first kappa shape index (κ1) is 21.1. The number of hydrogen-bond donors (Lipinski definition) is 1. The maximum absolute atomic E-state index is 5.92. The topological polar surface area (TPSA) is 33.7 Å². The minimum Gasteiger partial charge on any atom is -0.494 e. The molecule has 1 fully saturated rings. The standard InChI is InChI=1S/C19H32N2O2.ClH/c1-3-13-21(17-9-11-20-12-10-17)14-16-23-19-7-5-18(6-8-19)22-15-4-2;/h5-8,17,20H,3-4,9-16H2,1-2H3;1H. The molecule has 1 aliphatic heterocycles. The third-order valence-corrected chi connectivity index (χ3v) is 4.28. The molecule has 4 nitrogen and oxygen atoms in total. The van der Waals surface area contributed by atoms with E-state index in [1.807, 2.05) is 24.3 Å². The first-order valence-corrected chi connectivity index (χ1v) is 9.14. The van der Waals surface area contributed by atoms with E-state index in [9.17, 15) is 0 Å². The van der Waals surface area contributed by atoms with Crippen LogP contribution in [0.15, 0.2) is 24.3 Å². The summed E-state index contributed by atoms with van der Waals surface area (Å²) in [7, 11) is 0. The van der Waals surface area contributed by atoms with E-state index < -0.39 is 0 Å². The van der Waals surface area contributed by atoms with Crippen molar-refractivity contribution in [2.45, 2.75) is 45.6 Å². The van der Waals surface area contributed by atoms with Gasteiger partial charge in [-0.2, -0.15) is 0 Å². The lowest BCUT2D eigenvalue weighted by Gasteiger charge is -2.34. The molecule has 0 saturated carbocycles. The number of piperidine rings is 1. The van der Waals surface area contributed by atoms with E-state index in [1.165, 1.54) is 19.3 Å². The Bertz CT molecular complexity index is 422. The molecule has 24 heavy (non-hydrogen) atoms. The van der Waals surface area contributed by atoms with Gasteiger partial charge in [0.2, 0.25) is 0 Å². The summed E-state index contributed by atoms with van der Waals surface area (Å²) in [4.78, 5) is 2.60. The molecule has 1 N–H and O–H groups in total. The first-order chi connectivity index (χ1) is 11.3. The molecule has 0 bridgehead atoms. The number of rotatable bonds is 10. The molecular formula is C19H33ClN2O2. The Morgan fingerprint density at radius 2 is 1.50 bits per heavy atom. The summed E-state index contributed by atoms with van der Waals surface area (Å²) in [5.41, 5.74) is 0. The van der Waals surface area contributed by atoms with Crippen molar-refractivity contribution in [1.82, 2.24) is 10.2 Å². The Kier molecular flexibility index (Phi) is 10.9. The molecule has 1 aromatic carbocycles. The molecule has 0 aliphatic carbocycles. The molecule has 0 aromatic heterocycles. The largest absolute Gasteiger partial charge is 0.494 e. The van der Waals surface area contributed by atoms with Crippen molar-refractivity contribution < 1.29 is 9.47 Å². The lowest BCUT2D eigenvalue weighted by Crippen LogP contribution is -2.45. The Balaban J connectivity index is 0.00000288. The van der Waals surface area contributed by atoms with Crippen LogP contribution in [0.2, 0.25) is 0 Å². The molecule has 1 saturated heterocycles. The second kappa shape index (κ2) is 12.4. The summed E-state index contributed by atoms with van der Waals surface area (Å²) in [5.74, 6) is 1.84. The zero-order valence-electron chi connectivity index (χ0n) is 15.1. The van der Waals surface area contributed by atoms with E-state index in [0.717, 1.165) is 57.3 Å². The molecule has 2 rings (SSSR count). The van der Waals surface area contributed by atoms with Crippen molar-refractivity contribution in [2.24, 2.45) is 0 Å². The lowest BCUT2D eigenvalue weighted by molar-refractivity contribution is 0.135. The molecule has 0 amide bonds. The predicted octanol–water partition coefficient (Wildman–Crippen LogP) is 3.74. The van der Waals surface area contributed by atoms with Crippen molar-refractivity contribution in [3.63, 3.8) is 0 Å². The third kappa shape index (κ3) is 7.29. The second-order valence-electron chi connectivity index (χ2n) is 6.19. The zero-order chi connectivity index (χ0) is 16.3. The molecule has 138 valence electrons. The van der Waals surface area contributed by atoms with Gasteiger partial charge in [-0.15, -0.1) is 12.4 Å². The predicted molar refractivity (Wildman–Crippen MR) is 103 cm³/mol. The Hall–Kier alpha value is -0.970. The van der Waals surface area contributed by atoms with Gasteiger partial charge in [0.1, 0.15) is 18.1 Å². The van der Waals surface area contributed by atoms with Gasteiger partial charge in [0, 0.05) is 12.6 Å². The highest BCUT2D eigenvalue weighted by molar-refractivity contribution is 5.85. The number of halogens is 1. The highest BCUT2D eigenvalue weighted by atomic mass is 35.5. The maximum Gasteiger partial charge on any atom is 0.119 e. The van der Waals surface area contributed by atoms with Gasteiger partial charge in [-0.1, -0.05) is 13.8 Å². The average Bonchev–Trinajstić information content (AvgIpc) is 2.61. The van der Waals surface area contributed by atoms with Crippen molar-refractivity contribution in [3.05, 3.63) is 24.3 Å². The highest BCUT2D eigenvalue weighted by Crippen LogP contribution is 2.18. The molecule has 1 aromatic rings. The number of nitrogens with zero attached hydrogens (tertiary/aromatic N) is 1. The smallest absolute Gasteiger partial charge is 0.119 e. The van der Waals surface area contributed by atoms with Crippen LogP contribution < -0.4 is 14.8 Å². The van der Waals surface area contributed by atoms with Gasteiger partial charge in [-0.05, 0) is 69.6 Å². The molecule has 5 heteroatoms. The third-order valence-electron chi connectivity index (χ3n) is 4.28. The fourth-order valence-electron chi connectivity index (χ4n) is 3.07.